The number of rotatable bonds is 7. The van der Waals surface area contributed by atoms with E-state index >= 15 is 0 Å². The zero-order valence-electron chi connectivity index (χ0n) is 19.1. The zero-order chi connectivity index (χ0) is 20.9. The number of nitrogens with one attached hydrogen (secondary N) is 1. The van der Waals surface area contributed by atoms with Gasteiger partial charge in [-0.05, 0) is 99.6 Å². The second-order valence-electron chi connectivity index (χ2n) is 10.5. The molecule has 4 heteroatoms. The summed E-state index contributed by atoms with van der Waals surface area (Å²) in [7, 11) is 0. The maximum atomic E-state index is 5.41. The van der Waals surface area contributed by atoms with Gasteiger partial charge in [0.05, 0.1) is 0 Å². The van der Waals surface area contributed by atoms with E-state index in [4.69, 9.17) is 18.0 Å². The van der Waals surface area contributed by atoms with Crippen LogP contribution in [0.1, 0.15) is 99.3 Å². The molecule has 0 bridgehead atoms. The fraction of sp³-hybridized carbons (Fsp3) is 0.833. The number of thiocarbonyl (C=S) groups is 1. The van der Waals surface area contributed by atoms with Crippen molar-refractivity contribution in [3.8, 4) is 0 Å². The van der Waals surface area contributed by atoms with Crippen LogP contribution in [0.15, 0.2) is 16.8 Å². The molecular weight excluding hydrogens is 362 g/mol. The van der Waals surface area contributed by atoms with E-state index in [1.54, 1.807) is 0 Å². The first-order valence-corrected chi connectivity index (χ1v) is 11.7. The Morgan fingerprint density at radius 2 is 1.89 bits per heavy atom. The molecular formula is C24H43N3S. The van der Waals surface area contributed by atoms with Crippen molar-refractivity contribution in [2.24, 2.45) is 39.4 Å². The predicted octanol–water partition coefficient (Wildman–Crippen LogP) is 6.58. The second-order valence-corrected chi connectivity index (χ2v) is 11.0. The van der Waals surface area contributed by atoms with Gasteiger partial charge in [0.2, 0.25) is 0 Å². The molecule has 4 atom stereocenters. The number of allylic oxidation sites excluding steroid dienone is 2. The monoisotopic (exact) mass is 405 g/mol. The van der Waals surface area contributed by atoms with Crippen molar-refractivity contribution in [1.29, 1.82) is 0 Å². The zero-order valence-corrected chi connectivity index (χ0v) is 19.9. The molecule has 28 heavy (non-hydrogen) atoms. The van der Waals surface area contributed by atoms with Crippen LogP contribution in [0.3, 0.4) is 0 Å². The Morgan fingerprint density at radius 1 is 1.18 bits per heavy atom. The van der Waals surface area contributed by atoms with Crippen molar-refractivity contribution in [3.05, 3.63) is 11.6 Å². The van der Waals surface area contributed by atoms with E-state index in [0.29, 0.717) is 10.8 Å². The van der Waals surface area contributed by atoms with Crippen LogP contribution in [0.25, 0.3) is 0 Å². The molecule has 0 aromatic rings. The molecule has 0 aliphatic heterocycles. The smallest absolute Gasteiger partial charge is 0.184 e. The molecule has 0 aromatic heterocycles. The number of nitrogens with two attached hydrogens (primary N) is 1. The topological polar surface area (TPSA) is 50.4 Å². The van der Waals surface area contributed by atoms with Crippen LogP contribution in [-0.2, 0) is 0 Å². The standard InChI is InChI=1S/C24H43N3S/c1-17(9-7-10-19(3)26-27-22(25)28)11-13-20-18(2)12-14-21-23(4,5)15-8-16-24(20,21)6/h9,18,20-21H,7-8,10-16H2,1-6H3,(H3,25,27,28)/b17-9-,26-19+/t18?,20?,21?,24-/m1/s1. The highest BCUT2D eigenvalue weighted by Gasteiger charge is 2.53. The van der Waals surface area contributed by atoms with E-state index in [1.165, 1.54) is 50.5 Å². The molecule has 0 saturated heterocycles. The molecule has 2 aliphatic carbocycles. The predicted molar refractivity (Wildman–Crippen MR) is 126 cm³/mol. The van der Waals surface area contributed by atoms with Crippen molar-refractivity contribution in [3.63, 3.8) is 0 Å². The van der Waals surface area contributed by atoms with Gasteiger partial charge in [-0.25, -0.2) is 0 Å². The summed E-state index contributed by atoms with van der Waals surface area (Å²) < 4.78 is 0. The van der Waals surface area contributed by atoms with Gasteiger partial charge >= 0.3 is 0 Å². The average molecular weight is 406 g/mol. The summed E-state index contributed by atoms with van der Waals surface area (Å²) in [5, 5.41) is 4.42. The van der Waals surface area contributed by atoms with Gasteiger partial charge in [0, 0.05) is 5.71 Å². The molecule has 2 rings (SSSR count). The lowest BCUT2D eigenvalue weighted by atomic mass is 9.46. The molecule has 160 valence electrons. The number of hydrazone groups is 1. The summed E-state index contributed by atoms with van der Waals surface area (Å²) >= 11 is 4.79. The van der Waals surface area contributed by atoms with Crippen molar-refractivity contribution in [2.75, 3.05) is 0 Å². The summed E-state index contributed by atoms with van der Waals surface area (Å²) in [6.07, 6.45) is 14.1. The summed E-state index contributed by atoms with van der Waals surface area (Å²) in [4.78, 5) is 0. The molecule has 3 N–H and O–H groups in total. The molecule has 3 nitrogen and oxygen atoms in total. The molecule has 3 unspecified atom stereocenters. The van der Waals surface area contributed by atoms with Crippen LogP contribution >= 0.6 is 12.2 Å². The third-order valence-corrected chi connectivity index (χ3v) is 8.02. The summed E-state index contributed by atoms with van der Waals surface area (Å²) in [5.74, 6) is 2.63. The van der Waals surface area contributed by atoms with Gasteiger partial charge in [0.15, 0.2) is 5.11 Å². The van der Waals surface area contributed by atoms with Gasteiger partial charge in [0.25, 0.3) is 0 Å². The molecule has 0 radical (unpaired) electrons. The maximum absolute atomic E-state index is 5.41. The Hall–Kier alpha value is -0.900. The molecule has 2 fully saturated rings. The number of nitrogens with zero attached hydrogens (tertiary/aromatic N) is 1. The van der Waals surface area contributed by atoms with E-state index in [-0.39, 0.29) is 5.11 Å². The van der Waals surface area contributed by atoms with Gasteiger partial charge in [-0.3, -0.25) is 5.43 Å². The molecule has 0 heterocycles. The lowest BCUT2D eigenvalue weighted by Crippen LogP contribution is -2.51. The van der Waals surface area contributed by atoms with Crippen LogP contribution in [0, 0.1) is 28.6 Å². The van der Waals surface area contributed by atoms with Crippen molar-refractivity contribution < 1.29 is 0 Å². The molecule has 0 spiro atoms. The SMILES string of the molecule is C/C(=C/CC/C(C)=N/NC(N)=S)CCC1C(C)CCC2C(C)(C)CCC[C@]12C. The van der Waals surface area contributed by atoms with Crippen molar-refractivity contribution in [1.82, 2.24) is 5.43 Å². The first kappa shape index (κ1) is 23.4. The van der Waals surface area contributed by atoms with Crippen LogP contribution in [0.4, 0.5) is 0 Å². The Kier molecular flexibility index (Phi) is 8.13. The van der Waals surface area contributed by atoms with Crippen LogP contribution in [0.2, 0.25) is 0 Å². The van der Waals surface area contributed by atoms with Crippen LogP contribution < -0.4 is 11.2 Å². The van der Waals surface area contributed by atoms with E-state index < -0.39 is 0 Å². The third-order valence-electron chi connectivity index (χ3n) is 7.93. The van der Waals surface area contributed by atoms with Crippen LogP contribution in [0.5, 0.6) is 0 Å². The minimum atomic E-state index is 0.227. The summed E-state index contributed by atoms with van der Waals surface area (Å²) in [6.45, 7) is 14.5. The number of fused-ring (bicyclic) bond motifs is 1. The number of hydrogen-bond donors (Lipinski definition) is 2. The molecule has 2 saturated carbocycles. The molecule has 0 aromatic carbocycles. The maximum Gasteiger partial charge on any atom is 0.184 e. The summed E-state index contributed by atoms with van der Waals surface area (Å²) in [6, 6.07) is 0. The van der Waals surface area contributed by atoms with Crippen molar-refractivity contribution in [2.45, 2.75) is 99.3 Å². The number of hydrogen-bond acceptors (Lipinski definition) is 2. The van der Waals surface area contributed by atoms with Gasteiger partial charge in [0.1, 0.15) is 0 Å². The van der Waals surface area contributed by atoms with E-state index in [2.05, 4.69) is 51.2 Å². The van der Waals surface area contributed by atoms with E-state index in [9.17, 15) is 0 Å². The quantitative estimate of drug-likeness (QED) is 0.218. The van der Waals surface area contributed by atoms with Gasteiger partial charge < -0.3 is 5.73 Å². The third kappa shape index (κ3) is 5.81. The fourth-order valence-electron chi connectivity index (χ4n) is 6.44. The lowest BCUT2D eigenvalue weighted by molar-refractivity contribution is -0.0957. The van der Waals surface area contributed by atoms with Gasteiger partial charge in [-0.1, -0.05) is 52.2 Å². The highest BCUT2D eigenvalue weighted by molar-refractivity contribution is 7.80. The highest BCUT2D eigenvalue weighted by Crippen LogP contribution is 2.62. The normalized spacial score (nSPS) is 33.3. The molecule has 2 aliphatic rings. The molecule has 0 amide bonds. The first-order chi connectivity index (χ1) is 13.1. The van der Waals surface area contributed by atoms with E-state index in [0.717, 1.165) is 36.3 Å². The van der Waals surface area contributed by atoms with Crippen molar-refractivity contribution >= 4 is 23.0 Å². The largest absolute Gasteiger partial charge is 0.375 e. The lowest BCUT2D eigenvalue weighted by Gasteiger charge is -2.59. The van der Waals surface area contributed by atoms with Crippen LogP contribution in [-0.4, -0.2) is 10.8 Å². The minimum absolute atomic E-state index is 0.227. The van der Waals surface area contributed by atoms with Gasteiger partial charge in [-0.2, -0.15) is 5.10 Å². The summed E-state index contributed by atoms with van der Waals surface area (Å²) in [5.41, 5.74) is 11.7. The Balaban J connectivity index is 1.92. The van der Waals surface area contributed by atoms with E-state index in [1.807, 2.05) is 6.92 Å². The average Bonchev–Trinajstić information content (AvgIpc) is 2.58. The Bertz CT molecular complexity index is 607. The Labute approximate surface area is 179 Å². The first-order valence-electron chi connectivity index (χ1n) is 11.3. The second kappa shape index (κ2) is 9.73. The van der Waals surface area contributed by atoms with Gasteiger partial charge in [-0.15, -0.1) is 0 Å². The highest BCUT2D eigenvalue weighted by atomic mass is 32.1. The Morgan fingerprint density at radius 3 is 2.57 bits per heavy atom. The fourth-order valence-corrected chi connectivity index (χ4v) is 6.49. The minimum Gasteiger partial charge on any atom is -0.375 e.